The van der Waals surface area contributed by atoms with Crippen molar-refractivity contribution in [3.63, 3.8) is 0 Å². The van der Waals surface area contributed by atoms with E-state index in [0.29, 0.717) is 18.9 Å². The summed E-state index contributed by atoms with van der Waals surface area (Å²) in [5, 5.41) is 2.29. The van der Waals surface area contributed by atoms with Crippen LogP contribution in [0.4, 0.5) is 18.9 Å². The summed E-state index contributed by atoms with van der Waals surface area (Å²) in [5.41, 5.74) is 5.60. The molecule has 0 spiro atoms. The zero-order chi connectivity index (χ0) is 34.0. The lowest BCUT2D eigenvalue weighted by Crippen LogP contribution is -2.49. The number of hydrogen-bond acceptors (Lipinski definition) is 4. The van der Waals surface area contributed by atoms with Crippen molar-refractivity contribution < 1.29 is 22.8 Å². The third-order valence-corrected chi connectivity index (χ3v) is 11.4. The van der Waals surface area contributed by atoms with Crippen LogP contribution in [0.5, 0.6) is 0 Å². The van der Waals surface area contributed by atoms with Crippen LogP contribution in [0, 0.1) is 0 Å². The standard InChI is InChI=1S/C40H47F3N4O2/c41-40(42,43)28-44-38(49)39(35-14-6-4-10-29(35)16-17-30-11-5-7-15-36(30)39)20-8-9-21-45-22-24-46(25-23-45)33-19-18-31-27-47(37(48)34(31)26-33)32-12-2-1-3-13-32/h4-7,10-11,14-15,18-19,26,32H,1-3,8-9,12-13,16-17,20-25,27-28H2,(H,44,49). The van der Waals surface area contributed by atoms with Crippen LogP contribution in [-0.4, -0.2) is 73.1 Å². The molecular formula is C40H47F3N4O2. The van der Waals surface area contributed by atoms with Gasteiger partial charge in [-0.3, -0.25) is 14.5 Å². The Morgan fingerprint density at radius 1 is 0.816 bits per heavy atom. The number of aryl methyl sites for hydroxylation is 2. The molecule has 9 heteroatoms. The molecule has 0 atom stereocenters. The molecule has 260 valence electrons. The Labute approximate surface area is 287 Å². The number of halogens is 3. The monoisotopic (exact) mass is 672 g/mol. The second-order valence-corrected chi connectivity index (χ2v) is 14.4. The van der Waals surface area contributed by atoms with Gasteiger partial charge in [0, 0.05) is 50.0 Å². The molecule has 6 nitrogen and oxygen atoms in total. The molecule has 3 aromatic carbocycles. The lowest BCUT2D eigenvalue weighted by atomic mass is 9.68. The Morgan fingerprint density at radius 3 is 2.12 bits per heavy atom. The molecule has 1 saturated carbocycles. The first-order valence-corrected chi connectivity index (χ1v) is 18.2. The van der Waals surface area contributed by atoms with E-state index >= 15 is 0 Å². The highest BCUT2D eigenvalue weighted by molar-refractivity contribution is 5.99. The lowest BCUT2D eigenvalue weighted by molar-refractivity contribution is -0.141. The van der Waals surface area contributed by atoms with Crippen LogP contribution >= 0.6 is 0 Å². The maximum absolute atomic E-state index is 14.1. The predicted octanol–water partition coefficient (Wildman–Crippen LogP) is 7.03. The number of anilines is 1. The van der Waals surface area contributed by atoms with Gasteiger partial charge in [-0.1, -0.05) is 80.3 Å². The Hall–Kier alpha value is -3.85. The number of alkyl halides is 3. The topological polar surface area (TPSA) is 55.9 Å². The van der Waals surface area contributed by atoms with Crippen molar-refractivity contribution in [2.24, 2.45) is 0 Å². The SMILES string of the molecule is O=C1c2cc(N3CCN(CCCCC4(C(=O)NCC(F)(F)F)c5ccccc5CCc5ccccc54)CC3)ccc2CN1C1CCCCC1. The van der Waals surface area contributed by atoms with E-state index in [-0.39, 0.29) is 5.91 Å². The molecule has 2 heterocycles. The Balaban J connectivity index is 0.996. The molecule has 3 aromatic rings. The molecule has 2 aliphatic carbocycles. The van der Waals surface area contributed by atoms with E-state index < -0.39 is 24.0 Å². The van der Waals surface area contributed by atoms with Crippen molar-refractivity contribution in [3.05, 3.63) is 100 Å². The predicted molar refractivity (Wildman–Crippen MR) is 186 cm³/mol. The quantitative estimate of drug-likeness (QED) is 0.248. The lowest BCUT2D eigenvalue weighted by Gasteiger charge is -2.37. The first kappa shape index (κ1) is 33.6. The third-order valence-electron chi connectivity index (χ3n) is 11.4. The number of piperazine rings is 1. The molecular weight excluding hydrogens is 625 g/mol. The van der Waals surface area contributed by atoms with Crippen molar-refractivity contribution >= 4 is 17.5 Å². The second kappa shape index (κ2) is 14.2. The van der Waals surface area contributed by atoms with E-state index in [1.807, 2.05) is 48.5 Å². The smallest absolute Gasteiger partial charge is 0.369 e. The van der Waals surface area contributed by atoms with Crippen molar-refractivity contribution in [2.75, 3.05) is 44.2 Å². The average Bonchev–Trinajstić information content (AvgIpc) is 3.38. The summed E-state index contributed by atoms with van der Waals surface area (Å²) in [4.78, 5) is 34.3. The molecule has 7 rings (SSSR count). The number of fused-ring (bicyclic) bond motifs is 3. The van der Waals surface area contributed by atoms with Crippen LogP contribution in [0.2, 0.25) is 0 Å². The molecule has 0 bridgehead atoms. The van der Waals surface area contributed by atoms with Crippen LogP contribution in [0.25, 0.3) is 0 Å². The fourth-order valence-corrected chi connectivity index (χ4v) is 8.83. The van der Waals surface area contributed by atoms with Crippen LogP contribution in [0.3, 0.4) is 0 Å². The number of amides is 2. The van der Waals surface area contributed by atoms with Gasteiger partial charge in [0.15, 0.2) is 0 Å². The van der Waals surface area contributed by atoms with Gasteiger partial charge in [0.25, 0.3) is 5.91 Å². The highest BCUT2D eigenvalue weighted by Crippen LogP contribution is 2.44. The summed E-state index contributed by atoms with van der Waals surface area (Å²) >= 11 is 0. The van der Waals surface area contributed by atoms with Crippen LogP contribution in [0.15, 0.2) is 66.7 Å². The van der Waals surface area contributed by atoms with Crippen molar-refractivity contribution in [3.8, 4) is 0 Å². The minimum absolute atomic E-state index is 0.186. The summed E-state index contributed by atoms with van der Waals surface area (Å²) in [6.45, 7) is 3.75. The molecule has 2 aliphatic heterocycles. The van der Waals surface area contributed by atoms with Crippen LogP contribution < -0.4 is 10.2 Å². The number of nitrogens with one attached hydrogen (secondary N) is 1. The van der Waals surface area contributed by atoms with E-state index in [1.165, 1.54) is 19.3 Å². The second-order valence-electron chi connectivity index (χ2n) is 14.4. The van der Waals surface area contributed by atoms with Crippen molar-refractivity contribution in [1.29, 1.82) is 0 Å². The number of benzene rings is 3. The highest BCUT2D eigenvalue weighted by Gasteiger charge is 2.46. The summed E-state index contributed by atoms with van der Waals surface area (Å²) in [6, 6.07) is 22.3. The molecule has 1 N–H and O–H groups in total. The molecule has 2 fully saturated rings. The Kier molecular flexibility index (Phi) is 9.73. The maximum atomic E-state index is 14.1. The number of hydrogen-bond donors (Lipinski definition) is 1. The van der Waals surface area contributed by atoms with E-state index in [9.17, 15) is 22.8 Å². The Morgan fingerprint density at radius 2 is 1.47 bits per heavy atom. The summed E-state index contributed by atoms with van der Waals surface area (Å²) in [5.74, 6) is -0.388. The minimum atomic E-state index is -4.49. The largest absolute Gasteiger partial charge is 0.405 e. The molecule has 2 amide bonds. The van der Waals surface area contributed by atoms with Gasteiger partial charge in [0.2, 0.25) is 5.91 Å². The first-order valence-electron chi connectivity index (χ1n) is 18.2. The normalized spacial score (nSPS) is 19.6. The molecule has 1 saturated heterocycles. The zero-order valence-corrected chi connectivity index (χ0v) is 28.2. The van der Waals surface area contributed by atoms with Gasteiger partial charge in [-0.25, -0.2) is 0 Å². The molecule has 0 aromatic heterocycles. The minimum Gasteiger partial charge on any atom is -0.369 e. The van der Waals surface area contributed by atoms with E-state index in [2.05, 4.69) is 38.2 Å². The number of unbranched alkanes of at least 4 members (excludes halogenated alkanes) is 1. The number of carbonyl (C=O) groups excluding carboxylic acids is 2. The van der Waals surface area contributed by atoms with Gasteiger partial charge >= 0.3 is 6.18 Å². The van der Waals surface area contributed by atoms with Gasteiger partial charge in [0.1, 0.15) is 6.54 Å². The maximum Gasteiger partial charge on any atom is 0.405 e. The number of carbonyl (C=O) groups is 2. The van der Waals surface area contributed by atoms with Crippen molar-refractivity contribution in [2.45, 2.75) is 88.4 Å². The average molecular weight is 673 g/mol. The van der Waals surface area contributed by atoms with E-state index in [1.54, 1.807) is 0 Å². The van der Waals surface area contributed by atoms with Crippen LogP contribution in [-0.2, 0) is 29.6 Å². The van der Waals surface area contributed by atoms with Gasteiger partial charge in [-0.15, -0.1) is 0 Å². The fraction of sp³-hybridized carbons (Fsp3) is 0.500. The van der Waals surface area contributed by atoms with Crippen molar-refractivity contribution in [1.82, 2.24) is 15.1 Å². The Bertz CT molecular complexity index is 1610. The van der Waals surface area contributed by atoms with E-state index in [4.69, 9.17) is 0 Å². The summed E-state index contributed by atoms with van der Waals surface area (Å²) < 4.78 is 40.0. The molecule has 0 radical (unpaired) electrons. The molecule has 49 heavy (non-hydrogen) atoms. The summed E-state index contributed by atoms with van der Waals surface area (Å²) in [7, 11) is 0. The first-order chi connectivity index (χ1) is 23.7. The van der Waals surface area contributed by atoms with Gasteiger partial charge in [-0.05, 0) is 85.0 Å². The van der Waals surface area contributed by atoms with Gasteiger partial charge < -0.3 is 15.1 Å². The zero-order valence-electron chi connectivity index (χ0n) is 28.2. The number of rotatable bonds is 9. The van der Waals surface area contributed by atoms with Gasteiger partial charge in [-0.2, -0.15) is 13.2 Å². The summed E-state index contributed by atoms with van der Waals surface area (Å²) in [6.07, 6.45) is 4.87. The third kappa shape index (κ3) is 6.96. The molecule has 4 aliphatic rings. The molecule has 0 unspecified atom stereocenters. The highest BCUT2D eigenvalue weighted by atomic mass is 19.4. The number of nitrogens with zero attached hydrogens (tertiary/aromatic N) is 3. The van der Waals surface area contributed by atoms with Gasteiger partial charge in [0.05, 0.1) is 5.41 Å². The fourth-order valence-electron chi connectivity index (χ4n) is 8.83. The van der Waals surface area contributed by atoms with Crippen LogP contribution in [0.1, 0.15) is 89.5 Å². The van der Waals surface area contributed by atoms with E-state index in [0.717, 1.165) is 110 Å².